The fourth-order valence-electron chi connectivity index (χ4n) is 2.69. The first-order valence-electron chi connectivity index (χ1n) is 8.17. The number of amides is 1. The normalized spacial score (nSPS) is 17.3. The van der Waals surface area contributed by atoms with Crippen molar-refractivity contribution < 1.29 is 28.6 Å². The third kappa shape index (κ3) is 5.35. The van der Waals surface area contributed by atoms with Crippen molar-refractivity contribution in [3.05, 3.63) is 26.2 Å². The van der Waals surface area contributed by atoms with Gasteiger partial charge in [0.2, 0.25) is 0 Å². The zero-order valence-corrected chi connectivity index (χ0v) is 17.9. The fraction of sp³-hybridized carbons (Fsp3) is 0.529. The Labute approximate surface area is 169 Å². The molecular weight excluding hydrogens is 443 g/mol. The number of nitrogens with one attached hydrogen (secondary N) is 1. The van der Waals surface area contributed by atoms with Crippen LogP contribution in [0.1, 0.15) is 36.0 Å². The maximum Gasteiger partial charge on any atom is 0.412 e. The highest BCUT2D eigenvalue weighted by atomic mass is 79.9. The standard InChI is InChI=1S/C17H22BrFN2O5S/c1-17(2,3)26-16(24)20-10(8-22)7-21-6-9(19)5-11-12(21)13(15(23)25-4)27-14(11)18/h8-9,22H,5-7H2,1-4H3,(H,20,24)/b10-8-. The summed E-state index contributed by atoms with van der Waals surface area (Å²) >= 11 is 4.54. The number of fused-ring (bicyclic) bond motifs is 1. The van der Waals surface area contributed by atoms with E-state index < -0.39 is 23.8 Å². The lowest BCUT2D eigenvalue weighted by Crippen LogP contribution is -2.41. The second-order valence-corrected chi connectivity index (χ2v) is 9.33. The lowest BCUT2D eigenvalue weighted by molar-refractivity contribution is 0.0541. The molecule has 0 aromatic carbocycles. The van der Waals surface area contributed by atoms with Crippen LogP contribution in [0.3, 0.4) is 0 Å². The Morgan fingerprint density at radius 3 is 2.70 bits per heavy atom. The number of hydrogen-bond acceptors (Lipinski definition) is 7. The molecule has 2 N–H and O–H groups in total. The Morgan fingerprint density at radius 1 is 1.48 bits per heavy atom. The number of carbonyl (C=O) groups is 2. The minimum atomic E-state index is -1.16. The number of aliphatic hydroxyl groups excluding tert-OH is 1. The topological polar surface area (TPSA) is 88.1 Å². The highest BCUT2D eigenvalue weighted by Crippen LogP contribution is 2.43. The predicted octanol–water partition coefficient (Wildman–Crippen LogP) is 3.92. The van der Waals surface area contributed by atoms with Gasteiger partial charge in [0.25, 0.3) is 0 Å². The van der Waals surface area contributed by atoms with E-state index in [9.17, 15) is 19.1 Å². The lowest BCUT2D eigenvalue weighted by Gasteiger charge is -2.32. The van der Waals surface area contributed by atoms with Crippen molar-refractivity contribution in [3.8, 4) is 0 Å². The summed E-state index contributed by atoms with van der Waals surface area (Å²) in [5, 5.41) is 11.9. The summed E-state index contributed by atoms with van der Waals surface area (Å²) in [5.74, 6) is -0.529. The molecule has 150 valence electrons. The first-order valence-corrected chi connectivity index (χ1v) is 9.78. The fourth-order valence-corrected chi connectivity index (χ4v) is 4.52. The summed E-state index contributed by atoms with van der Waals surface area (Å²) in [4.78, 5) is 26.0. The van der Waals surface area contributed by atoms with Crippen LogP contribution in [0.5, 0.6) is 0 Å². The SMILES string of the molecule is COC(=O)c1sc(Br)c2c1N(C/C(=C/O)NC(=O)OC(C)(C)C)CC(F)C2. The van der Waals surface area contributed by atoms with E-state index >= 15 is 0 Å². The maximum atomic E-state index is 14.3. The molecule has 2 heterocycles. The van der Waals surface area contributed by atoms with Crippen LogP contribution in [0, 0.1) is 0 Å². The molecule has 27 heavy (non-hydrogen) atoms. The molecular formula is C17H22BrFN2O5S. The summed E-state index contributed by atoms with van der Waals surface area (Å²) < 4.78 is 24.9. The average Bonchev–Trinajstić information content (AvgIpc) is 2.88. The van der Waals surface area contributed by atoms with Gasteiger partial charge in [0, 0.05) is 18.5 Å². The second kappa shape index (κ2) is 8.47. The summed E-state index contributed by atoms with van der Waals surface area (Å²) in [5.41, 5.74) is 0.609. The van der Waals surface area contributed by atoms with Crippen LogP contribution in [-0.4, -0.2) is 49.1 Å². The van der Waals surface area contributed by atoms with Gasteiger partial charge in [-0.3, -0.25) is 5.32 Å². The monoisotopic (exact) mass is 464 g/mol. The number of halogens is 2. The molecule has 1 aromatic heterocycles. The average molecular weight is 465 g/mol. The highest BCUT2D eigenvalue weighted by molar-refractivity contribution is 9.11. The molecule has 2 rings (SSSR count). The Kier molecular flexibility index (Phi) is 6.74. The third-order valence-electron chi connectivity index (χ3n) is 3.64. The molecule has 1 amide bonds. The van der Waals surface area contributed by atoms with Gasteiger partial charge >= 0.3 is 12.1 Å². The van der Waals surface area contributed by atoms with Crippen molar-refractivity contribution in [2.45, 2.75) is 39.0 Å². The molecule has 0 radical (unpaired) electrons. The van der Waals surface area contributed by atoms with Crippen molar-refractivity contribution in [2.24, 2.45) is 0 Å². The first-order chi connectivity index (χ1) is 12.6. The molecule has 1 unspecified atom stereocenters. The third-order valence-corrected chi connectivity index (χ3v) is 5.59. The first kappa shape index (κ1) is 21.5. The minimum Gasteiger partial charge on any atom is -0.514 e. The van der Waals surface area contributed by atoms with E-state index in [2.05, 4.69) is 21.2 Å². The molecule has 0 saturated carbocycles. The van der Waals surface area contributed by atoms with E-state index in [-0.39, 0.29) is 25.2 Å². The number of esters is 1. The van der Waals surface area contributed by atoms with Crippen LogP contribution in [0.15, 0.2) is 15.7 Å². The van der Waals surface area contributed by atoms with Crippen LogP contribution in [0.2, 0.25) is 0 Å². The lowest BCUT2D eigenvalue weighted by atomic mass is 10.0. The van der Waals surface area contributed by atoms with Gasteiger partial charge in [-0.2, -0.15) is 0 Å². The Morgan fingerprint density at radius 2 is 2.15 bits per heavy atom. The van der Waals surface area contributed by atoms with Gasteiger partial charge in [0.15, 0.2) is 0 Å². The van der Waals surface area contributed by atoms with Crippen LogP contribution in [0.4, 0.5) is 14.9 Å². The van der Waals surface area contributed by atoms with Gasteiger partial charge in [-0.15, -0.1) is 11.3 Å². The smallest absolute Gasteiger partial charge is 0.412 e. The number of alkyl halides is 1. The predicted molar refractivity (Wildman–Crippen MR) is 104 cm³/mol. The van der Waals surface area contributed by atoms with E-state index in [1.807, 2.05) is 0 Å². The van der Waals surface area contributed by atoms with Crippen LogP contribution < -0.4 is 10.2 Å². The molecule has 0 spiro atoms. The van der Waals surface area contributed by atoms with Crippen LogP contribution in [0.25, 0.3) is 0 Å². The number of thiophene rings is 1. The Bertz CT molecular complexity index is 759. The van der Waals surface area contributed by atoms with Crippen LogP contribution in [-0.2, 0) is 15.9 Å². The molecule has 0 saturated heterocycles. The molecule has 0 fully saturated rings. The number of alkyl carbamates (subject to hydrolysis) is 1. The minimum absolute atomic E-state index is 0.00745. The van der Waals surface area contributed by atoms with E-state index in [1.54, 1.807) is 25.7 Å². The van der Waals surface area contributed by atoms with Gasteiger partial charge < -0.3 is 19.5 Å². The zero-order valence-electron chi connectivity index (χ0n) is 15.5. The van der Waals surface area contributed by atoms with E-state index in [4.69, 9.17) is 9.47 Å². The maximum absolute atomic E-state index is 14.3. The summed E-state index contributed by atoms with van der Waals surface area (Å²) in [6, 6.07) is 0. The van der Waals surface area contributed by atoms with Crippen molar-refractivity contribution in [2.75, 3.05) is 25.1 Å². The van der Waals surface area contributed by atoms with Gasteiger partial charge in [0.1, 0.15) is 22.9 Å². The molecule has 0 bridgehead atoms. The molecule has 1 atom stereocenters. The number of aliphatic hydroxyl groups is 1. The summed E-state index contributed by atoms with van der Waals surface area (Å²) in [6.07, 6.45) is -1.01. The van der Waals surface area contributed by atoms with Gasteiger partial charge in [-0.05, 0) is 36.7 Å². The molecule has 10 heteroatoms. The number of methoxy groups -OCH3 is 1. The van der Waals surface area contributed by atoms with E-state index in [1.165, 1.54) is 7.11 Å². The van der Waals surface area contributed by atoms with Gasteiger partial charge in [-0.1, -0.05) is 0 Å². The molecule has 1 aliphatic heterocycles. The van der Waals surface area contributed by atoms with Gasteiger partial charge in [-0.25, -0.2) is 14.0 Å². The van der Waals surface area contributed by atoms with Crippen molar-refractivity contribution in [3.63, 3.8) is 0 Å². The van der Waals surface area contributed by atoms with E-state index in [0.717, 1.165) is 17.6 Å². The molecule has 1 aliphatic rings. The highest BCUT2D eigenvalue weighted by Gasteiger charge is 2.34. The number of anilines is 1. The largest absolute Gasteiger partial charge is 0.514 e. The van der Waals surface area contributed by atoms with Crippen molar-refractivity contribution >= 4 is 45.0 Å². The number of rotatable bonds is 4. The number of carbonyl (C=O) groups excluding carboxylic acids is 2. The molecule has 7 nitrogen and oxygen atoms in total. The zero-order chi connectivity index (χ0) is 20.4. The van der Waals surface area contributed by atoms with Crippen LogP contribution >= 0.6 is 27.3 Å². The van der Waals surface area contributed by atoms with Crippen molar-refractivity contribution in [1.29, 1.82) is 0 Å². The summed E-state index contributed by atoms with van der Waals surface area (Å²) in [6.45, 7) is 5.13. The Hall–Kier alpha value is -1.81. The van der Waals surface area contributed by atoms with Crippen molar-refractivity contribution in [1.82, 2.24) is 5.32 Å². The van der Waals surface area contributed by atoms with E-state index in [0.29, 0.717) is 19.9 Å². The second-order valence-electron chi connectivity index (χ2n) is 6.99. The number of ether oxygens (including phenoxy) is 2. The molecule has 0 aliphatic carbocycles. The number of hydrogen-bond donors (Lipinski definition) is 2. The molecule has 1 aromatic rings. The summed E-state index contributed by atoms with van der Waals surface area (Å²) in [7, 11) is 1.27. The quantitative estimate of drug-likeness (QED) is 0.518. The van der Waals surface area contributed by atoms with Gasteiger partial charge in [0.05, 0.1) is 28.8 Å². The Balaban J connectivity index is 2.26. The number of nitrogens with zero attached hydrogens (tertiary/aromatic N) is 1.